The smallest absolute Gasteiger partial charge is 0.563 e. The first-order valence-corrected chi connectivity index (χ1v) is 3.47. The van der Waals surface area contributed by atoms with Gasteiger partial charge in [-0.1, -0.05) is 0 Å². The molecule has 1 N–H and O–H groups in total. The summed E-state index contributed by atoms with van der Waals surface area (Å²) in [5.41, 5.74) is 0. The lowest BCUT2D eigenvalue weighted by atomic mass is 15.0. The lowest BCUT2D eigenvalue weighted by Crippen LogP contribution is -1.84. The fraction of sp³-hybridized carbons (Fsp3) is 0. The van der Waals surface area contributed by atoms with Crippen LogP contribution >= 0.6 is 16.5 Å². The molecule has 8 heteroatoms. The van der Waals surface area contributed by atoms with Gasteiger partial charge in [-0.3, -0.25) is 0 Å². The minimum absolute atomic E-state index is 2.91. The van der Waals surface area contributed by atoms with Gasteiger partial charge in [0.2, 0.25) is 0 Å². The summed E-state index contributed by atoms with van der Waals surface area (Å²) in [5.74, 6) is 0. The maximum absolute atomic E-state index is 9.69. The third kappa shape index (κ3) is 4.21. The van der Waals surface area contributed by atoms with Gasteiger partial charge in [0.25, 0.3) is 0 Å². The van der Waals surface area contributed by atoms with Crippen LogP contribution in [0.3, 0.4) is 0 Å². The molecule has 0 spiro atoms. The molecule has 0 aliphatic carbocycles. The van der Waals surface area contributed by atoms with Crippen molar-refractivity contribution in [3.63, 3.8) is 0 Å². The molecule has 46 valence electrons. The summed E-state index contributed by atoms with van der Waals surface area (Å²) in [5, 5.41) is 7.41. The average Bonchev–Trinajstić information content (AvgIpc) is 1.65. The van der Waals surface area contributed by atoms with Crippen LogP contribution in [0.15, 0.2) is 0 Å². The van der Waals surface area contributed by atoms with E-state index in [1.54, 1.807) is 0 Å². The van der Waals surface area contributed by atoms with Gasteiger partial charge in [-0.05, 0) is 4.57 Å². The predicted molar refractivity (Wildman–Crippen MR) is 20.0 cm³/mol. The second kappa shape index (κ2) is 3.97. The molecule has 0 aliphatic rings. The van der Waals surface area contributed by atoms with E-state index >= 15 is 0 Å². The second-order valence-corrected chi connectivity index (χ2v) is 2.32. The highest BCUT2D eigenvalue weighted by Gasteiger charge is 2.30. The Balaban J connectivity index is 3.40. The molecule has 0 aliphatic heterocycles. The molecule has 2 unspecified atom stereocenters. The normalized spacial score (nSPS) is 13.2. The Morgan fingerprint density at radius 3 is 2.12 bits per heavy atom. The van der Waals surface area contributed by atoms with Gasteiger partial charge in [0.05, 0.1) is 4.67 Å². The van der Waals surface area contributed by atoms with Crippen LogP contribution in [0.1, 0.15) is 0 Å². The van der Waals surface area contributed by atoms with Crippen LogP contribution in [0.4, 0.5) is 0 Å². The van der Waals surface area contributed by atoms with Crippen molar-refractivity contribution in [1.82, 2.24) is 0 Å². The summed E-state index contributed by atoms with van der Waals surface area (Å²) in [4.78, 5) is 9.41. The molecule has 0 aromatic heterocycles. The van der Waals surface area contributed by atoms with Gasteiger partial charge in [-0.15, -0.1) is 0 Å². The standard InChI is InChI=1S/O6P2/c1-5-8(4)6-7(2)3/p+1. The summed E-state index contributed by atoms with van der Waals surface area (Å²) >= 11 is 0. The van der Waals surface area contributed by atoms with Crippen LogP contribution < -0.4 is 4.89 Å². The molecule has 0 fully saturated rings. The second-order valence-electron chi connectivity index (χ2n) is 0.611. The zero-order chi connectivity index (χ0) is 6.57. The fourth-order valence-corrected chi connectivity index (χ4v) is 0.624. The van der Waals surface area contributed by atoms with Crippen molar-refractivity contribution >= 4 is 16.5 Å². The minimum atomic E-state index is -3.21. The van der Waals surface area contributed by atoms with Crippen molar-refractivity contribution in [3.05, 3.63) is 0 Å². The zero-order valence-electron chi connectivity index (χ0n) is 3.38. The highest BCUT2D eigenvalue weighted by molar-refractivity contribution is 7.46. The van der Waals surface area contributed by atoms with Gasteiger partial charge in [0.15, 0.2) is 0 Å². The van der Waals surface area contributed by atoms with E-state index in [-0.39, 0.29) is 0 Å². The predicted octanol–water partition coefficient (Wildman–Crippen LogP) is 0.168. The van der Waals surface area contributed by atoms with Crippen LogP contribution in [-0.4, -0.2) is 5.26 Å². The van der Waals surface area contributed by atoms with Gasteiger partial charge in [-0.2, -0.15) is 0 Å². The molecule has 0 rings (SSSR count). The monoisotopic (exact) mass is 159 g/mol. The maximum Gasteiger partial charge on any atom is 0.775 e. The van der Waals surface area contributed by atoms with Gasteiger partial charge < -0.3 is 4.89 Å². The van der Waals surface area contributed by atoms with E-state index in [1.165, 1.54) is 0 Å². The van der Waals surface area contributed by atoms with Crippen LogP contribution in [0.2, 0.25) is 0 Å². The molecule has 0 aromatic rings. The highest BCUT2D eigenvalue weighted by atomic mass is 31.2. The first-order chi connectivity index (χ1) is 3.66. The van der Waals surface area contributed by atoms with Crippen molar-refractivity contribution in [1.29, 1.82) is 0 Å². The summed E-state index contributed by atoms with van der Waals surface area (Å²) in [7, 11) is -6.12. The lowest BCUT2D eigenvalue weighted by molar-refractivity contribution is -0.183. The maximum atomic E-state index is 9.69. The Bertz CT molecular complexity index is 105. The molecule has 0 radical (unpaired) electrons. The summed E-state index contributed by atoms with van der Waals surface area (Å²) in [6, 6.07) is 0. The van der Waals surface area contributed by atoms with E-state index in [0.29, 0.717) is 0 Å². The van der Waals surface area contributed by atoms with Gasteiger partial charge >= 0.3 is 16.5 Å². The van der Waals surface area contributed by atoms with Crippen LogP contribution in [0, 0.1) is 0 Å². The highest BCUT2D eigenvalue weighted by Crippen LogP contribution is 2.32. The molecule has 0 saturated heterocycles. The number of rotatable bonds is 3. The van der Waals surface area contributed by atoms with Crippen molar-refractivity contribution in [2.75, 3.05) is 0 Å². The SMILES string of the molecule is O=[P+]([O-])O[P+](=O)OO. The van der Waals surface area contributed by atoms with Gasteiger partial charge in [0.1, 0.15) is 4.31 Å². The summed E-state index contributed by atoms with van der Waals surface area (Å²) < 4.78 is 25.5. The Hall–Kier alpha value is 0.0400. The fourth-order valence-electron chi connectivity index (χ4n) is 0.0693. The molecular weight excluding hydrogens is 158 g/mol. The van der Waals surface area contributed by atoms with Crippen molar-refractivity contribution < 1.29 is 28.3 Å². The largest absolute Gasteiger partial charge is 0.775 e. The molecule has 2 atom stereocenters. The average molecular weight is 159 g/mol. The number of hydrogen-bond donors (Lipinski definition) is 1. The molecule has 8 heavy (non-hydrogen) atoms. The van der Waals surface area contributed by atoms with Crippen molar-refractivity contribution in [3.8, 4) is 0 Å². The molecule has 6 nitrogen and oxygen atoms in total. The van der Waals surface area contributed by atoms with E-state index < -0.39 is 16.5 Å². The molecular formula is HO6P2+. The van der Waals surface area contributed by atoms with E-state index in [9.17, 15) is 14.0 Å². The van der Waals surface area contributed by atoms with E-state index in [2.05, 4.69) is 8.99 Å². The topological polar surface area (TPSA) is 95.9 Å². The van der Waals surface area contributed by atoms with E-state index in [1.807, 2.05) is 0 Å². The lowest BCUT2D eigenvalue weighted by Gasteiger charge is -1.67. The summed E-state index contributed by atoms with van der Waals surface area (Å²) in [6.07, 6.45) is 0. The number of hydrogen-bond acceptors (Lipinski definition) is 6. The Morgan fingerprint density at radius 2 is 2.00 bits per heavy atom. The first-order valence-electron chi connectivity index (χ1n) is 1.28. The van der Waals surface area contributed by atoms with Crippen LogP contribution in [0.25, 0.3) is 0 Å². The zero-order valence-corrected chi connectivity index (χ0v) is 5.17. The Morgan fingerprint density at radius 1 is 1.50 bits per heavy atom. The molecule has 0 amide bonds. The van der Waals surface area contributed by atoms with E-state index in [0.717, 1.165) is 0 Å². The first kappa shape index (κ1) is 8.04. The van der Waals surface area contributed by atoms with Gasteiger partial charge in [-0.25, -0.2) is 5.26 Å². The van der Waals surface area contributed by atoms with Crippen molar-refractivity contribution in [2.45, 2.75) is 0 Å². The van der Waals surface area contributed by atoms with Crippen molar-refractivity contribution in [2.24, 2.45) is 0 Å². The molecule has 0 aromatic carbocycles. The van der Waals surface area contributed by atoms with E-state index in [4.69, 9.17) is 5.26 Å². The van der Waals surface area contributed by atoms with Crippen LogP contribution in [0.5, 0.6) is 0 Å². The Kier molecular flexibility index (Phi) is 3.99. The Labute approximate surface area is 45.9 Å². The van der Waals surface area contributed by atoms with Gasteiger partial charge in [0, 0.05) is 4.57 Å². The molecule has 0 bridgehead atoms. The molecule has 0 saturated carbocycles. The molecule has 0 heterocycles. The quantitative estimate of drug-likeness (QED) is 0.358. The van der Waals surface area contributed by atoms with Crippen LogP contribution in [-0.2, 0) is 18.1 Å². The minimum Gasteiger partial charge on any atom is -0.563 e. The third-order valence-corrected chi connectivity index (χ3v) is 1.40. The third-order valence-electron chi connectivity index (χ3n) is 0.200. The summed E-state index contributed by atoms with van der Waals surface area (Å²) in [6.45, 7) is 0.